The SMILES string of the molecule is COc1ccc(C(=O)NC2CCOCC2)cc1Nc1ncc(-c2ccc(C#N)c(OC(C)Cn3cnnn3)c2)cn1. The van der Waals surface area contributed by atoms with E-state index in [-0.39, 0.29) is 18.1 Å². The minimum Gasteiger partial charge on any atom is -0.495 e. The van der Waals surface area contributed by atoms with Crippen LogP contribution in [0.25, 0.3) is 11.1 Å². The van der Waals surface area contributed by atoms with Gasteiger partial charge in [-0.15, -0.1) is 5.10 Å². The molecule has 3 heterocycles. The van der Waals surface area contributed by atoms with Crippen molar-refractivity contribution in [2.45, 2.75) is 38.5 Å². The molecule has 1 saturated heterocycles. The zero-order valence-electron chi connectivity index (χ0n) is 22.6. The molecular formula is C28H29N9O4. The number of ether oxygens (including phenoxy) is 3. The fourth-order valence-corrected chi connectivity index (χ4v) is 4.39. The van der Waals surface area contributed by atoms with Crippen molar-refractivity contribution < 1.29 is 19.0 Å². The Labute approximate surface area is 236 Å². The minimum absolute atomic E-state index is 0.0907. The van der Waals surface area contributed by atoms with E-state index in [9.17, 15) is 10.1 Å². The van der Waals surface area contributed by atoms with Crippen molar-refractivity contribution in [2.75, 3.05) is 25.6 Å². The van der Waals surface area contributed by atoms with Gasteiger partial charge in [0.15, 0.2) is 0 Å². The molecule has 2 aromatic carbocycles. The number of carbonyl (C=O) groups excluding carboxylic acids is 1. The number of rotatable bonds is 10. The summed E-state index contributed by atoms with van der Waals surface area (Å²) < 4.78 is 18.4. The third-order valence-electron chi connectivity index (χ3n) is 6.52. The number of nitrogens with zero attached hydrogens (tertiary/aromatic N) is 7. The van der Waals surface area contributed by atoms with E-state index in [2.05, 4.69) is 42.2 Å². The Balaban J connectivity index is 1.29. The molecule has 2 N–H and O–H groups in total. The van der Waals surface area contributed by atoms with Gasteiger partial charge in [-0.05, 0) is 66.1 Å². The highest BCUT2D eigenvalue weighted by atomic mass is 16.5. The van der Waals surface area contributed by atoms with Gasteiger partial charge in [-0.3, -0.25) is 4.79 Å². The van der Waals surface area contributed by atoms with E-state index in [1.165, 1.54) is 6.33 Å². The van der Waals surface area contributed by atoms with E-state index in [4.69, 9.17) is 14.2 Å². The number of aromatic nitrogens is 6. The van der Waals surface area contributed by atoms with Crippen molar-refractivity contribution in [3.8, 4) is 28.7 Å². The molecule has 2 aromatic heterocycles. The zero-order valence-corrected chi connectivity index (χ0v) is 22.6. The summed E-state index contributed by atoms with van der Waals surface area (Å²) in [6.45, 7) is 3.58. The van der Waals surface area contributed by atoms with Crippen LogP contribution in [-0.2, 0) is 11.3 Å². The van der Waals surface area contributed by atoms with E-state index in [0.717, 1.165) is 24.0 Å². The van der Waals surface area contributed by atoms with Crippen LogP contribution in [0.2, 0.25) is 0 Å². The van der Waals surface area contributed by atoms with Crippen molar-refractivity contribution in [3.63, 3.8) is 0 Å². The fourth-order valence-electron chi connectivity index (χ4n) is 4.39. The summed E-state index contributed by atoms with van der Waals surface area (Å²) in [5, 5.41) is 26.9. The summed E-state index contributed by atoms with van der Waals surface area (Å²) >= 11 is 0. The molecule has 13 heteroatoms. The molecule has 1 unspecified atom stereocenters. The number of benzene rings is 2. The summed E-state index contributed by atoms with van der Waals surface area (Å²) in [6, 6.07) is 12.7. The molecule has 210 valence electrons. The molecule has 5 rings (SSSR count). The van der Waals surface area contributed by atoms with E-state index < -0.39 is 0 Å². The van der Waals surface area contributed by atoms with Crippen LogP contribution in [-0.4, -0.2) is 68.6 Å². The molecule has 0 saturated carbocycles. The third-order valence-corrected chi connectivity index (χ3v) is 6.52. The Hall–Kier alpha value is -5.09. The zero-order chi connectivity index (χ0) is 28.6. The maximum Gasteiger partial charge on any atom is 0.251 e. The molecule has 13 nitrogen and oxygen atoms in total. The number of hydrogen-bond acceptors (Lipinski definition) is 11. The van der Waals surface area contributed by atoms with Crippen LogP contribution in [0, 0.1) is 11.3 Å². The Bertz CT molecular complexity index is 1510. The largest absolute Gasteiger partial charge is 0.495 e. The molecule has 0 radical (unpaired) electrons. The Kier molecular flexibility index (Phi) is 8.61. The first-order valence-corrected chi connectivity index (χ1v) is 13.1. The summed E-state index contributed by atoms with van der Waals surface area (Å²) in [5.74, 6) is 1.15. The molecule has 4 aromatic rings. The molecule has 1 aliphatic rings. The average Bonchev–Trinajstić information content (AvgIpc) is 3.51. The number of hydrogen-bond donors (Lipinski definition) is 2. The summed E-state index contributed by atoms with van der Waals surface area (Å²) in [7, 11) is 1.56. The van der Waals surface area contributed by atoms with Gasteiger partial charge in [0.2, 0.25) is 5.95 Å². The Morgan fingerprint density at radius 3 is 2.66 bits per heavy atom. The molecule has 41 heavy (non-hydrogen) atoms. The minimum atomic E-state index is -0.284. The number of anilines is 2. The first-order valence-electron chi connectivity index (χ1n) is 13.1. The predicted octanol–water partition coefficient (Wildman–Crippen LogP) is 3.13. The van der Waals surface area contributed by atoms with E-state index in [0.29, 0.717) is 54.0 Å². The van der Waals surface area contributed by atoms with Crippen molar-refractivity contribution in [2.24, 2.45) is 0 Å². The molecule has 1 atom stereocenters. The first-order chi connectivity index (χ1) is 20.0. The smallest absolute Gasteiger partial charge is 0.251 e. The maximum absolute atomic E-state index is 12.8. The summed E-state index contributed by atoms with van der Waals surface area (Å²) in [6.07, 6.45) is 6.13. The van der Waals surface area contributed by atoms with Crippen molar-refractivity contribution in [1.29, 1.82) is 5.26 Å². The van der Waals surface area contributed by atoms with Crippen molar-refractivity contribution in [1.82, 2.24) is 35.5 Å². The lowest BCUT2D eigenvalue weighted by molar-refractivity contribution is 0.0696. The van der Waals surface area contributed by atoms with Gasteiger partial charge >= 0.3 is 0 Å². The van der Waals surface area contributed by atoms with E-state index >= 15 is 0 Å². The Morgan fingerprint density at radius 2 is 1.95 bits per heavy atom. The number of tetrazole rings is 1. The van der Waals surface area contributed by atoms with Gasteiger partial charge in [0.25, 0.3) is 5.91 Å². The van der Waals surface area contributed by atoms with Gasteiger partial charge in [0.1, 0.15) is 30.0 Å². The molecule has 1 amide bonds. The first kappa shape index (κ1) is 27.5. The number of nitrogens with one attached hydrogen (secondary N) is 2. The second-order valence-corrected chi connectivity index (χ2v) is 9.48. The van der Waals surface area contributed by atoms with Crippen LogP contribution in [0.4, 0.5) is 11.6 Å². The van der Waals surface area contributed by atoms with Gasteiger partial charge < -0.3 is 24.8 Å². The highest BCUT2D eigenvalue weighted by molar-refractivity contribution is 5.96. The van der Waals surface area contributed by atoms with Crippen LogP contribution in [0.5, 0.6) is 11.5 Å². The van der Waals surface area contributed by atoms with Crippen molar-refractivity contribution in [3.05, 3.63) is 66.2 Å². The number of nitriles is 1. The normalized spacial score (nSPS) is 14.1. The highest BCUT2D eigenvalue weighted by Crippen LogP contribution is 2.30. The molecule has 0 aliphatic carbocycles. The van der Waals surface area contributed by atoms with Gasteiger partial charge in [0.05, 0.1) is 24.9 Å². The average molecular weight is 556 g/mol. The lowest BCUT2D eigenvalue weighted by Crippen LogP contribution is -2.38. The van der Waals surface area contributed by atoms with Crippen LogP contribution >= 0.6 is 0 Å². The standard InChI is InChI=1S/C28H29N9O4/c1-18(16-37-17-32-35-36-37)41-26-12-19(3-4-21(26)13-29)22-14-30-28(31-15-22)34-24-11-20(5-6-25(24)39-2)27(38)33-23-7-9-40-10-8-23/h3-6,11-12,14-15,17-18,23H,7-10,16H2,1-2H3,(H,33,38)(H,30,31,34). The maximum atomic E-state index is 12.8. The summed E-state index contributed by atoms with van der Waals surface area (Å²) in [4.78, 5) is 21.8. The second kappa shape index (κ2) is 12.8. The quantitative estimate of drug-likeness (QED) is 0.296. The molecule has 1 aliphatic heterocycles. The molecule has 0 spiro atoms. The molecule has 0 bridgehead atoms. The van der Waals surface area contributed by atoms with Crippen LogP contribution in [0.15, 0.2) is 55.1 Å². The molecule has 1 fully saturated rings. The second-order valence-electron chi connectivity index (χ2n) is 9.48. The third kappa shape index (κ3) is 6.92. The lowest BCUT2D eigenvalue weighted by atomic mass is 10.1. The number of methoxy groups -OCH3 is 1. The van der Waals surface area contributed by atoms with Crippen LogP contribution in [0.1, 0.15) is 35.7 Å². The van der Waals surface area contributed by atoms with Gasteiger partial charge in [-0.1, -0.05) is 6.07 Å². The summed E-state index contributed by atoms with van der Waals surface area (Å²) in [5.41, 5.74) is 2.98. The van der Waals surface area contributed by atoms with Gasteiger partial charge in [-0.2, -0.15) is 5.26 Å². The van der Waals surface area contributed by atoms with E-state index in [1.807, 2.05) is 13.0 Å². The van der Waals surface area contributed by atoms with Crippen molar-refractivity contribution >= 4 is 17.5 Å². The predicted molar refractivity (Wildman–Crippen MR) is 148 cm³/mol. The molecular weight excluding hydrogens is 526 g/mol. The van der Waals surface area contributed by atoms with Gasteiger partial charge in [0, 0.05) is 42.8 Å². The van der Waals surface area contributed by atoms with Gasteiger partial charge in [-0.25, -0.2) is 14.6 Å². The lowest BCUT2D eigenvalue weighted by Gasteiger charge is -2.23. The number of carbonyl (C=O) groups is 1. The Morgan fingerprint density at radius 1 is 1.15 bits per heavy atom. The monoisotopic (exact) mass is 555 g/mol. The topological polar surface area (TPSA) is 162 Å². The highest BCUT2D eigenvalue weighted by Gasteiger charge is 2.18. The van der Waals surface area contributed by atoms with Crippen LogP contribution in [0.3, 0.4) is 0 Å². The number of amides is 1. The van der Waals surface area contributed by atoms with E-state index in [1.54, 1.807) is 54.5 Å². The van der Waals surface area contributed by atoms with Crippen LogP contribution < -0.4 is 20.1 Å². The fraction of sp³-hybridized carbons (Fsp3) is 0.321.